The van der Waals surface area contributed by atoms with Gasteiger partial charge in [0.25, 0.3) is 0 Å². The standard InChI is InChI=1S/C17H18ClN5O3/c1-22(2)8-9-23-13-10-11(5-6-14(13)26-17(23)25)20-16(24)21-12-4-3-7-19-15(12)18/h3-7,10H,8-9H2,1-2H3,(H2,20,21,24). The van der Waals surface area contributed by atoms with Crippen molar-refractivity contribution in [3.63, 3.8) is 0 Å². The molecule has 2 heterocycles. The van der Waals surface area contributed by atoms with Crippen LogP contribution in [0.3, 0.4) is 0 Å². The van der Waals surface area contributed by atoms with Crippen molar-refractivity contribution in [2.45, 2.75) is 6.54 Å². The Bertz CT molecular complexity index is 995. The zero-order chi connectivity index (χ0) is 18.7. The average molecular weight is 376 g/mol. The number of benzene rings is 1. The summed E-state index contributed by atoms with van der Waals surface area (Å²) in [7, 11) is 3.85. The Morgan fingerprint density at radius 2 is 2.12 bits per heavy atom. The SMILES string of the molecule is CN(C)CCn1c(=O)oc2ccc(NC(=O)Nc3cccnc3Cl)cc21. The van der Waals surface area contributed by atoms with Gasteiger partial charge in [-0.3, -0.25) is 4.57 Å². The summed E-state index contributed by atoms with van der Waals surface area (Å²) < 4.78 is 6.78. The molecule has 0 saturated heterocycles. The molecule has 8 nitrogen and oxygen atoms in total. The fraction of sp³-hybridized carbons (Fsp3) is 0.235. The van der Waals surface area contributed by atoms with Gasteiger partial charge < -0.3 is 20.0 Å². The number of aromatic nitrogens is 2. The second-order valence-corrected chi connectivity index (χ2v) is 6.28. The molecule has 0 aliphatic carbocycles. The van der Waals surface area contributed by atoms with Gasteiger partial charge >= 0.3 is 11.8 Å². The van der Waals surface area contributed by atoms with Crippen molar-refractivity contribution in [2.75, 3.05) is 31.3 Å². The van der Waals surface area contributed by atoms with E-state index < -0.39 is 11.8 Å². The molecule has 3 aromatic rings. The lowest BCUT2D eigenvalue weighted by Crippen LogP contribution is -2.23. The van der Waals surface area contributed by atoms with Gasteiger partial charge in [0, 0.05) is 25.0 Å². The van der Waals surface area contributed by atoms with Crippen LogP contribution < -0.4 is 16.4 Å². The van der Waals surface area contributed by atoms with Crippen molar-refractivity contribution in [1.29, 1.82) is 0 Å². The third kappa shape index (κ3) is 4.04. The maximum absolute atomic E-state index is 12.2. The summed E-state index contributed by atoms with van der Waals surface area (Å²) >= 11 is 5.93. The lowest BCUT2D eigenvalue weighted by molar-refractivity contribution is 0.262. The first-order chi connectivity index (χ1) is 12.4. The molecule has 0 spiro atoms. The topological polar surface area (TPSA) is 92.4 Å². The van der Waals surface area contributed by atoms with E-state index in [2.05, 4.69) is 15.6 Å². The first-order valence-corrected chi connectivity index (χ1v) is 8.28. The number of hydrogen-bond acceptors (Lipinski definition) is 5. The number of carbonyl (C=O) groups is 1. The minimum atomic E-state index is -0.468. The van der Waals surface area contributed by atoms with Crippen LogP contribution in [0.4, 0.5) is 16.2 Å². The number of amides is 2. The molecule has 1 aromatic carbocycles. The van der Waals surface area contributed by atoms with Crippen LogP contribution in [0.25, 0.3) is 11.1 Å². The van der Waals surface area contributed by atoms with Gasteiger partial charge in [-0.05, 0) is 44.4 Å². The predicted octanol–water partition coefficient (Wildman–Crippen LogP) is 2.85. The monoisotopic (exact) mass is 375 g/mol. The average Bonchev–Trinajstić information content (AvgIpc) is 2.89. The van der Waals surface area contributed by atoms with E-state index in [0.29, 0.717) is 35.6 Å². The maximum atomic E-state index is 12.2. The number of halogens is 1. The van der Waals surface area contributed by atoms with E-state index in [4.69, 9.17) is 16.0 Å². The number of nitrogens with one attached hydrogen (secondary N) is 2. The second-order valence-electron chi connectivity index (χ2n) is 5.93. The molecule has 0 fully saturated rings. The van der Waals surface area contributed by atoms with E-state index in [1.165, 1.54) is 10.8 Å². The fourth-order valence-corrected chi connectivity index (χ4v) is 2.58. The molecule has 2 N–H and O–H groups in total. The molecule has 0 unspecified atom stereocenters. The number of anilines is 2. The van der Waals surface area contributed by atoms with E-state index in [1.807, 2.05) is 19.0 Å². The van der Waals surface area contributed by atoms with Crippen molar-refractivity contribution in [3.05, 3.63) is 52.2 Å². The molecule has 2 amide bonds. The van der Waals surface area contributed by atoms with Crippen LogP contribution in [-0.2, 0) is 6.54 Å². The summed E-state index contributed by atoms with van der Waals surface area (Å²) in [6.07, 6.45) is 1.53. The molecule has 0 radical (unpaired) electrons. The lowest BCUT2D eigenvalue weighted by atomic mass is 10.3. The van der Waals surface area contributed by atoms with Crippen LogP contribution in [-0.4, -0.2) is 41.1 Å². The molecule has 3 rings (SSSR count). The van der Waals surface area contributed by atoms with Gasteiger partial charge in [-0.25, -0.2) is 14.6 Å². The fourth-order valence-electron chi connectivity index (χ4n) is 2.42. The number of nitrogens with zero attached hydrogens (tertiary/aromatic N) is 3. The number of oxazole rings is 1. The summed E-state index contributed by atoms with van der Waals surface area (Å²) in [5.74, 6) is -0.425. The summed E-state index contributed by atoms with van der Waals surface area (Å²) in [5, 5.41) is 5.53. The number of pyridine rings is 1. The van der Waals surface area contributed by atoms with Gasteiger partial charge in [0.05, 0.1) is 11.2 Å². The third-order valence-electron chi connectivity index (χ3n) is 3.70. The van der Waals surface area contributed by atoms with Crippen LogP contribution in [0.15, 0.2) is 45.7 Å². The molecule has 0 atom stereocenters. The molecular weight excluding hydrogens is 358 g/mol. The highest BCUT2D eigenvalue weighted by Crippen LogP contribution is 2.20. The summed E-state index contributed by atoms with van der Waals surface area (Å²) in [6.45, 7) is 1.17. The first kappa shape index (κ1) is 18.0. The van der Waals surface area contributed by atoms with E-state index >= 15 is 0 Å². The van der Waals surface area contributed by atoms with Gasteiger partial charge in [-0.15, -0.1) is 0 Å². The Kier molecular flexibility index (Phi) is 5.24. The van der Waals surface area contributed by atoms with Gasteiger partial charge in [0.15, 0.2) is 10.7 Å². The minimum Gasteiger partial charge on any atom is -0.408 e. The van der Waals surface area contributed by atoms with Crippen molar-refractivity contribution in [2.24, 2.45) is 0 Å². The minimum absolute atomic E-state index is 0.200. The quantitative estimate of drug-likeness (QED) is 0.669. The number of carbonyl (C=O) groups excluding carboxylic acids is 1. The van der Waals surface area contributed by atoms with E-state index in [1.54, 1.807) is 30.3 Å². The molecule has 0 aliphatic rings. The van der Waals surface area contributed by atoms with Crippen molar-refractivity contribution < 1.29 is 9.21 Å². The van der Waals surface area contributed by atoms with Gasteiger partial charge in [0.2, 0.25) is 0 Å². The van der Waals surface area contributed by atoms with Crippen molar-refractivity contribution >= 4 is 40.1 Å². The molecule has 136 valence electrons. The smallest absolute Gasteiger partial charge is 0.408 e. The number of urea groups is 1. The van der Waals surface area contributed by atoms with Crippen LogP contribution >= 0.6 is 11.6 Å². The highest BCUT2D eigenvalue weighted by molar-refractivity contribution is 6.32. The largest absolute Gasteiger partial charge is 0.419 e. The molecular formula is C17H18ClN5O3. The van der Waals surface area contributed by atoms with Gasteiger partial charge in [-0.1, -0.05) is 11.6 Å². The van der Waals surface area contributed by atoms with Crippen LogP contribution in [0, 0.1) is 0 Å². The Labute approximate surface area is 154 Å². The molecule has 9 heteroatoms. The normalized spacial score (nSPS) is 11.1. The molecule has 0 bridgehead atoms. The second kappa shape index (κ2) is 7.59. The Morgan fingerprint density at radius 1 is 1.31 bits per heavy atom. The Hall–Kier alpha value is -2.84. The number of hydrogen-bond donors (Lipinski definition) is 2. The predicted molar refractivity (Wildman–Crippen MR) is 101 cm³/mol. The summed E-state index contributed by atoms with van der Waals surface area (Å²) in [5.41, 5.74) is 2.01. The number of likely N-dealkylation sites (N-methyl/N-ethyl adjacent to an activating group) is 1. The number of fused-ring (bicyclic) bond motifs is 1. The third-order valence-corrected chi connectivity index (χ3v) is 4.00. The van der Waals surface area contributed by atoms with Crippen molar-refractivity contribution in [1.82, 2.24) is 14.5 Å². The number of rotatable bonds is 5. The van der Waals surface area contributed by atoms with Crippen molar-refractivity contribution in [3.8, 4) is 0 Å². The maximum Gasteiger partial charge on any atom is 0.419 e. The van der Waals surface area contributed by atoms with E-state index in [0.717, 1.165) is 0 Å². The summed E-state index contributed by atoms with van der Waals surface area (Å²) in [4.78, 5) is 30.1. The van der Waals surface area contributed by atoms with Gasteiger partial charge in [0.1, 0.15) is 0 Å². The highest BCUT2D eigenvalue weighted by Gasteiger charge is 2.12. The highest BCUT2D eigenvalue weighted by atomic mass is 35.5. The molecule has 0 saturated carbocycles. The lowest BCUT2D eigenvalue weighted by Gasteiger charge is -2.10. The van der Waals surface area contributed by atoms with Crippen LogP contribution in [0.2, 0.25) is 5.15 Å². The zero-order valence-electron chi connectivity index (χ0n) is 14.3. The molecule has 26 heavy (non-hydrogen) atoms. The Balaban J connectivity index is 1.80. The van der Waals surface area contributed by atoms with E-state index in [9.17, 15) is 9.59 Å². The van der Waals surface area contributed by atoms with Gasteiger partial charge in [-0.2, -0.15) is 0 Å². The molecule has 0 aliphatic heterocycles. The first-order valence-electron chi connectivity index (χ1n) is 7.90. The molecule has 2 aromatic heterocycles. The van der Waals surface area contributed by atoms with E-state index in [-0.39, 0.29) is 5.15 Å². The zero-order valence-corrected chi connectivity index (χ0v) is 15.1. The van der Waals surface area contributed by atoms with Crippen LogP contribution in [0.1, 0.15) is 0 Å². The van der Waals surface area contributed by atoms with Crippen LogP contribution in [0.5, 0.6) is 0 Å². The summed E-state index contributed by atoms with van der Waals surface area (Å²) in [6, 6.07) is 7.85. The Morgan fingerprint density at radius 3 is 2.85 bits per heavy atom.